The number of fused-ring (bicyclic) bond motifs is 5. The van der Waals surface area contributed by atoms with Crippen molar-refractivity contribution in [3.63, 3.8) is 0 Å². The molecule has 0 spiro atoms. The van der Waals surface area contributed by atoms with Crippen molar-refractivity contribution in [2.45, 2.75) is 19.3 Å². The topological polar surface area (TPSA) is 105 Å². The van der Waals surface area contributed by atoms with Gasteiger partial charge in [-0.3, -0.25) is 14.4 Å². The normalized spacial score (nSPS) is 19.2. The molecule has 10 heteroatoms. The number of pyridine rings is 1. The van der Waals surface area contributed by atoms with E-state index >= 15 is 0 Å². The molecule has 2 aromatic carbocycles. The number of ether oxygens (including phenoxy) is 2. The number of imidazole rings is 1. The van der Waals surface area contributed by atoms with E-state index in [1.807, 2.05) is 72.2 Å². The monoisotopic (exact) mass is 581 g/mol. The Labute approximate surface area is 250 Å². The lowest BCUT2D eigenvalue weighted by Gasteiger charge is -2.25. The van der Waals surface area contributed by atoms with Crippen LogP contribution in [0.25, 0.3) is 5.65 Å². The molecule has 4 aromatic rings. The summed E-state index contributed by atoms with van der Waals surface area (Å²) in [5.41, 5.74) is 2.90. The van der Waals surface area contributed by atoms with Gasteiger partial charge in [0.15, 0.2) is 6.61 Å². The van der Waals surface area contributed by atoms with Crippen molar-refractivity contribution in [3.8, 4) is 11.5 Å². The van der Waals surface area contributed by atoms with Gasteiger partial charge in [-0.25, -0.2) is 4.98 Å². The summed E-state index contributed by atoms with van der Waals surface area (Å²) in [6.07, 6.45) is 4.38. The molecule has 2 bridgehead atoms. The van der Waals surface area contributed by atoms with Gasteiger partial charge >= 0.3 is 0 Å². The van der Waals surface area contributed by atoms with Crippen molar-refractivity contribution in [1.82, 2.24) is 24.5 Å². The summed E-state index contributed by atoms with van der Waals surface area (Å²) in [7, 11) is 0. The first-order valence-corrected chi connectivity index (χ1v) is 14.7. The molecule has 0 unspecified atom stereocenters. The Kier molecular flexibility index (Phi) is 8.26. The summed E-state index contributed by atoms with van der Waals surface area (Å²) in [4.78, 5) is 48.5. The van der Waals surface area contributed by atoms with Gasteiger partial charge in [-0.1, -0.05) is 30.3 Å². The van der Waals surface area contributed by atoms with Gasteiger partial charge in [0.2, 0.25) is 5.91 Å². The van der Waals surface area contributed by atoms with Gasteiger partial charge in [-0.2, -0.15) is 0 Å². The highest BCUT2D eigenvalue weighted by molar-refractivity contribution is 5.99. The Morgan fingerprint density at radius 2 is 1.84 bits per heavy atom. The first-order valence-electron chi connectivity index (χ1n) is 14.7. The zero-order valence-electron chi connectivity index (χ0n) is 24.1. The van der Waals surface area contributed by atoms with Crippen molar-refractivity contribution in [2.24, 2.45) is 5.92 Å². The van der Waals surface area contributed by atoms with Crippen molar-refractivity contribution >= 4 is 23.4 Å². The molecule has 2 aliphatic heterocycles. The summed E-state index contributed by atoms with van der Waals surface area (Å²) in [6, 6.07) is 20.6. The molecule has 6 rings (SSSR count). The molecule has 2 aliphatic rings. The number of nitrogens with zero attached hydrogens (tertiary/aromatic N) is 4. The molecule has 1 N–H and O–H groups in total. The molecule has 4 heterocycles. The van der Waals surface area contributed by atoms with Crippen LogP contribution in [-0.2, 0) is 9.59 Å². The van der Waals surface area contributed by atoms with Crippen LogP contribution in [-0.4, -0.2) is 82.8 Å². The number of benzene rings is 2. The average Bonchev–Trinajstić information content (AvgIpc) is 3.64. The molecular weight excluding hydrogens is 546 g/mol. The molecule has 0 radical (unpaired) electrons. The van der Waals surface area contributed by atoms with E-state index in [1.54, 1.807) is 28.0 Å². The summed E-state index contributed by atoms with van der Waals surface area (Å²) in [6.45, 7) is 3.99. The highest BCUT2D eigenvalue weighted by Gasteiger charge is 2.40. The predicted molar refractivity (Wildman–Crippen MR) is 160 cm³/mol. The lowest BCUT2D eigenvalue weighted by Crippen LogP contribution is -2.42. The number of aryl methyl sites for hydroxylation is 1. The largest absolute Gasteiger partial charge is 0.494 e. The lowest BCUT2D eigenvalue weighted by atomic mass is 9.88. The molecule has 2 aromatic heterocycles. The van der Waals surface area contributed by atoms with Gasteiger partial charge < -0.3 is 29.0 Å². The first-order chi connectivity index (χ1) is 21.0. The minimum Gasteiger partial charge on any atom is -0.494 e. The fourth-order valence-corrected chi connectivity index (χ4v) is 5.88. The summed E-state index contributed by atoms with van der Waals surface area (Å²) >= 11 is 0. The number of carbonyl (C=O) groups excluding carboxylic acids is 3. The van der Waals surface area contributed by atoms with Crippen LogP contribution in [0.1, 0.15) is 34.0 Å². The van der Waals surface area contributed by atoms with E-state index in [4.69, 9.17) is 9.47 Å². The van der Waals surface area contributed by atoms with Crippen molar-refractivity contribution in [3.05, 3.63) is 95.9 Å². The fourth-order valence-electron chi connectivity index (χ4n) is 5.88. The summed E-state index contributed by atoms with van der Waals surface area (Å²) in [5.74, 6) is 0.195. The minimum absolute atomic E-state index is 0.103. The third-order valence-corrected chi connectivity index (χ3v) is 8.04. The summed E-state index contributed by atoms with van der Waals surface area (Å²) in [5, 5.41) is 3.06. The molecule has 3 amide bonds. The number of amides is 3. The standard InChI is InChI=1S/C33H35N5O5/c1-23-19-37-14-6-12-27(31(37)35-23)33(41)36-15-7-17-42-26-11-5-8-24(18-26)28-20-38(21-29(28)32(40)34-13-16-36)30(39)22-43-25-9-3-2-4-10-25/h2-6,8-12,14,18-19,28-29H,7,13,15-17,20-22H2,1H3,(H,34,40)/t28-,29+/m1/s1. The summed E-state index contributed by atoms with van der Waals surface area (Å²) < 4.78 is 13.6. The molecule has 1 saturated heterocycles. The van der Waals surface area contributed by atoms with Crippen LogP contribution in [0.5, 0.6) is 11.5 Å². The zero-order valence-corrected chi connectivity index (χ0v) is 24.1. The van der Waals surface area contributed by atoms with Crippen molar-refractivity contribution in [2.75, 3.05) is 45.9 Å². The van der Waals surface area contributed by atoms with E-state index in [2.05, 4.69) is 10.3 Å². The average molecular weight is 582 g/mol. The second-order valence-corrected chi connectivity index (χ2v) is 11.0. The number of aromatic nitrogens is 2. The third kappa shape index (κ3) is 6.33. The Morgan fingerprint density at radius 1 is 1.00 bits per heavy atom. The molecule has 222 valence electrons. The smallest absolute Gasteiger partial charge is 0.260 e. The Hall–Kier alpha value is -4.86. The van der Waals surface area contributed by atoms with Gasteiger partial charge in [-0.15, -0.1) is 0 Å². The number of nitrogens with one attached hydrogen (secondary N) is 1. The van der Waals surface area contributed by atoms with Crippen LogP contribution in [0.4, 0.5) is 0 Å². The van der Waals surface area contributed by atoms with Crippen molar-refractivity contribution < 1.29 is 23.9 Å². The molecule has 0 aliphatic carbocycles. The number of hydrogen-bond donors (Lipinski definition) is 1. The predicted octanol–water partition coefficient (Wildman–Crippen LogP) is 3.30. The maximum Gasteiger partial charge on any atom is 0.260 e. The van der Waals surface area contributed by atoms with Gasteiger partial charge in [0.25, 0.3) is 11.8 Å². The van der Waals surface area contributed by atoms with E-state index in [-0.39, 0.29) is 43.3 Å². The van der Waals surface area contributed by atoms with Gasteiger partial charge in [0, 0.05) is 51.0 Å². The second kappa shape index (κ2) is 12.6. The van der Waals surface area contributed by atoms with Gasteiger partial charge in [-0.05, 0) is 55.3 Å². The van der Waals surface area contributed by atoms with Crippen molar-refractivity contribution in [1.29, 1.82) is 0 Å². The quantitative estimate of drug-likeness (QED) is 0.397. The number of carbonyl (C=O) groups is 3. The van der Waals surface area contributed by atoms with Gasteiger partial charge in [0.1, 0.15) is 17.1 Å². The van der Waals surface area contributed by atoms with Gasteiger partial charge in [0.05, 0.1) is 23.8 Å². The minimum atomic E-state index is -0.454. The number of likely N-dealkylation sites (tertiary alicyclic amines) is 1. The third-order valence-electron chi connectivity index (χ3n) is 8.04. The van der Waals surface area contributed by atoms with E-state index in [9.17, 15) is 14.4 Å². The van der Waals surface area contributed by atoms with Crippen LogP contribution < -0.4 is 14.8 Å². The Morgan fingerprint density at radius 3 is 2.70 bits per heavy atom. The Balaban J connectivity index is 1.19. The van der Waals surface area contributed by atoms with E-state index in [0.29, 0.717) is 55.4 Å². The molecule has 2 atom stereocenters. The molecule has 0 saturated carbocycles. The molecular formula is C33H35N5O5. The highest BCUT2D eigenvalue weighted by atomic mass is 16.5. The Bertz CT molecular complexity index is 1620. The zero-order chi connectivity index (χ0) is 29.8. The van der Waals surface area contributed by atoms with Crippen LogP contribution in [0, 0.1) is 12.8 Å². The highest BCUT2D eigenvalue weighted by Crippen LogP contribution is 2.35. The maximum atomic E-state index is 13.7. The molecule has 43 heavy (non-hydrogen) atoms. The van der Waals surface area contributed by atoms with Crippen LogP contribution >= 0.6 is 0 Å². The molecule has 1 fully saturated rings. The molecule has 10 nitrogen and oxygen atoms in total. The fraction of sp³-hybridized carbons (Fsp3) is 0.333. The number of para-hydroxylation sites is 1. The van der Waals surface area contributed by atoms with Crippen LogP contribution in [0.15, 0.2) is 79.1 Å². The number of rotatable bonds is 4. The van der Waals surface area contributed by atoms with Crippen LogP contribution in [0.2, 0.25) is 0 Å². The van der Waals surface area contributed by atoms with E-state index in [1.165, 1.54) is 0 Å². The SMILES string of the molecule is Cc1cn2cccc(C(=O)N3CCCOc4cccc(c4)[C@H]4CN(C(=O)COc5ccccc5)C[C@@H]4C(=O)NCC3)c2n1. The second-order valence-electron chi connectivity index (χ2n) is 11.0. The van der Waals surface area contributed by atoms with E-state index in [0.717, 1.165) is 11.3 Å². The van der Waals surface area contributed by atoms with E-state index < -0.39 is 5.92 Å². The maximum absolute atomic E-state index is 13.7. The first kappa shape index (κ1) is 28.3. The van der Waals surface area contributed by atoms with Crippen LogP contribution in [0.3, 0.4) is 0 Å². The lowest BCUT2D eigenvalue weighted by molar-refractivity contribution is -0.132. The number of hydrogen-bond acceptors (Lipinski definition) is 6.